The number of Topliss-reactive ketones (excluding diaryl/α,β-unsaturated/α-hetero) is 1. The third kappa shape index (κ3) is 2.74. The number of benzene rings is 1. The van der Waals surface area contributed by atoms with E-state index < -0.39 is 35.7 Å². The molecule has 0 amide bonds. The second kappa shape index (κ2) is 4.25. The Hall–Kier alpha value is -1.53. The van der Waals surface area contributed by atoms with Crippen LogP contribution in [0, 0.1) is 0 Å². The monoisotopic (exact) mass is 282 g/mol. The quantitative estimate of drug-likeness (QED) is 0.662. The van der Waals surface area contributed by atoms with Crippen molar-refractivity contribution in [1.29, 1.82) is 0 Å². The maximum Gasteiger partial charge on any atom is 0.416 e. The Morgan fingerprint density at radius 2 is 1.53 bits per heavy atom. The number of carbonyl (C=O) groups is 1. The van der Waals surface area contributed by atoms with Crippen molar-refractivity contribution in [2.75, 3.05) is 0 Å². The molecule has 0 aliphatic heterocycles. The molecule has 0 radical (unpaired) electrons. The van der Waals surface area contributed by atoms with Crippen LogP contribution in [0.2, 0.25) is 0 Å². The predicted molar refractivity (Wildman–Crippen MR) is 53.5 cm³/mol. The van der Waals surface area contributed by atoms with Gasteiger partial charge in [0.1, 0.15) is 5.78 Å². The van der Waals surface area contributed by atoms with Crippen LogP contribution in [0.3, 0.4) is 0 Å². The van der Waals surface area contributed by atoms with Gasteiger partial charge in [-0.25, -0.2) is 0 Å². The Balaban J connectivity index is 2.66. The highest BCUT2D eigenvalue weighted by atomic mass is 19.4. The van der Waals surface area contributed by atoms with Gasteiger partial charge in [-0.3, -0.25) is 4.79 Å². The number of alkyl halides is 6. The maximum absolute atomic E-state index is 12.8. The normalized spacial score (nSPS) is 16.4. The minimum Gasteiger partial charge on any atom is -0.299 e. The van der Waals surface area contributed by atoms with Gasteiger partial charge in [0.25, 0.3) is 0 Å². The molecule has 0 spiro atoms. The average Bonchev–Trinajstić information content (AvgIpc) is 2.24. The zero-order valence-electron chi connectivity index (χ0n) is 9.45. The zero-order chi connectivity index (χ0) is 14.4. The van der Waals surface area contributed by atoms with E-state index in [2.05, 4.69) is 0 Å². The molecule has 7 heteroatoms. The largest absolute Gasteiger partial charge is 0.416 e. The molecule has 0 fully saturated rings. The van der Waals surface area contributed by atoms with Crippen LogP contribution >= 0.6 is 0 Å². The highest BCUT2D eigenvalue weighted by Gasteiger charge is 2.40. The topological polar surface area (TPSA) is 17.1 Å². The van der Waals surface area contributed by atoms with Crippen LogP contribution in [0.4, 0.5) is 26.3 Å². The van der Waals surface area contributed by atoms with Crippen LogP contribution in [-0.4, -0.2) is 5.78 Å². The Labute approximate surface area is 104 Å². The van der Waals surface area contributed by atoms with Crippen molar-refractivity contribution in [2.24, 2.45) is 0 Å². The van der Waals surface area contributed by atoms with Crippen LogP contribution in [0.25, 0.3) is 0 Å². The molecule has 0 N–H and O–H groups in total. The predicted octanol–water partition coefficient (Wildman–Crippen LogP) is 3.78. The summed E-state index contributed by atoms with van der Waals surface area (Å²) in [6.07, 6.45) is -10.3. The number of ketones is 1. The van der Waals surface area contributed by atoms with Gasteiger partial charge >= 0.3 is 12.4 Å². The summed E-state index contributed by atoms with van der Waals surface area (Å²) in [6.45, 7) is 0. The summed E-state index contributed by atoms with van der Waals surface area (Å²) < 4.78 is 76.1. The number of hydrogen-bond acceptors (Lipinski definition) is 1. The molecule has 1 nitrogen and oxygen atoms in total. The van der Waals surface area contributed by atoms with Gasteiger partial charge in [0.05, 0.1) is 11.1 Å². The molecule has 0 unspecified atom stereocenters. The fraction of sp³-hybridized carbons (Fsp3) is 0.417. The van der Waals surface area contributed by atoms with E-state index in [4.69, 9.17) is 0 Å². The maximum atomic E-state index is 12.8. The first kappa shape index (κ1) is 13.9. The van der Waals surface area contributed by atoms with Crippen molar-refractivity contribution >= 4 is 5.78 Å². The fourth-order valence-electron chi connectivity index (χ4n) is 2.14. The second-order valence-electron chi connectivity index (χ2n) is 4.37. The molecule has 104 valence electrons. The van der Waals surface area contributed by atoms with Crippen LogP contribution in [0.15, 0.2) is 12.1 Å². The summed E-state index contributed by atoms with van der Waals surface area (Å²) in [6, 6.07) is 0.786. The molecule has 2 rings (SSSR count). The summed E-state index contributed by atoms with van der Waals surface area (Å²) in [7, 11) is 0. The first-order chi connectivity index (χ1) is 8.59. The van der Waals surface area contributed by atoms with Gasteiger partial charge < -0.3 is 0 Å². The van der Waals surface area contributed by atoms with Crippen molar-refractivity contribution in [3.8, 4) is 0 Å². The van der Waals surface area contributed by atoms with Crippen molar-refractivity contribution in [2.45, 2.75) is 31.6 Å². The van der Waals surface area contributed by atoms with Crippen molar-refractivity contribution < 1.29 is 31.1 Å². The van der Waals surface area contributed by atoms with Crippen LogP contribution in [0.1, 0.15) is 28.7 Å². The Bertz CT molecular complexity index is 526. The highest BCUT2D eigenvalue weighted by Crippen LogP contribution is 2.40. The minimum absolute atomic E-state index is 0.0222. The molecule has 0 atom stereocenters. The molecule has 19 heavy (non-hydrogen) atoms. The lowest BCUT2D eigenvalue weighted by Crippen LogP contribution is -2.21. The number of aryl methyl sites for hydroxylation is 1. The summed E-state index contributed by atoms with van der Waals surface area (Å²) in [4.78, 5) is 11.2. The number of rotatable bonds is 0. The average molecular weight is 282 g/mol. The number of carbonyl (C=O) groups excluding carboxylic acids is 1. The molecule has 1 aromatic rings. The third-order valence-electron chi connectivity index (χ3n) is 3.02. The van der Waals surface area contributed by atoms with Gasteiger partial charge in [0.15, 0.2) is 0 Å². The SMILES string of the molecule is O=C1CCc2cc(C(F)(F)F)cc(C(F)(F)F)c2C1. The standard InChI is InChI=1S/C12H8F6O/c13-11(14,15)7-3-6-1-2-8(19)5-9(6)10(4-7)12(16,17)18/h3-4H,1-2,5H2. The summed E-state index contributed by atoms with van der Waals surface area (Å²) >= 11 is 0. The Morgan fingerprint density at radius 3 is 2.05 bits per heavy atom. The lowest BCUT2D eigenvalue weighted by molar-refractivity contribution is -0.143. The first-order valence-electron chi connectivity index (χ1n) is 5.41. The van der Waals surface area contributed by atoms with Gasteiger partial charge in [-0.1, -0.05) is 0 Å². The molecule has 1 aliphatic carbocycles. The van der Waals surface area contributed by atoms with Crippen molar-refractivity contribution in [3.63, 3.8) is 0 Å². The van der Waals surface area contributed by atoms with Gasteiger partial charge in [-0.15, -0.1) is 0 Å². The van der Waals surface area contributed by atoms with Crippen LogP contribution < -0.4 is 0 Å². The van der Waals surface area contributed by atoms with E-state index in [1.165, 1.54) is 0 Å². The fourth-order valence-corrected chi connectivity index (χ4v) is 2.14. The minimum atomic E-state index is -4.90. The smallest absolute Gasteiger partial charge is 0.299 e. The van der Waals surface area contributed by atoms with Gasteiger partial charge in [-0.05, 0) is 29.7 Å². The van der Waals surface area contributed by atoms with Crippen molar-refractivity contribution in [3.05, 3.63) is 34.4 Å². The first-order valence-corrected chi connectivity index (χ1v) is 5.41. The molecule has 1 aliphatic rings. The number of halogens is 6. The van der Waals surface area contributed by atoms with E-state index in [1.807, 2.05) is 0 Å². The molecule has 0 heterocycles. The van der Waals surface area contributed by atoms with E-state index in [-0.39, 0.29) is 30.0 Å². The zero-order valence-corrected chi connectivity index (χ0v) is 9.45. The third-order valence-corrected chi connectivity index (χ3v) is 3.02. The Morgan fingerprint density at radius 1 is 0.895 bits per heavy atom. The van der Waals surface area contributed by atoms with Crippen LogP contribution in [0.5, 0.6) is 0 Å². The molecule has 0 saturated heterocycles. The molecule has 1 aromatic carbocycles. The van der Waals surface area contributed by atoms with E-state index >= 15 is 0 Å². The molecular formula is C12H8F6O. The van der Waals surface area contributed by atoms with E-state index in [9.17, 15) is 31.1 Å². The van der Waals surface area contributed by atoms with Crippen molar-refractivity contribution in [1.82, 2.24) is 0 Å². The van der Waals surface area contributed by atoms with Crippen LogP contribution in [-0.2, 0) is 30.0 Å². The number of fused-ring (bicyclic) bond motifs is 1. The molecule has 0 saturated carbocycles. The lowest BCUT2D eigenvalue weighted by Gasteiger charge is -2.22. The Kier molecular flexibility index (Phi) is 3.10. The van der Waals surface area contributed by atoms with Gasteiger partial charge in [0.2, 0.25) is 0 Å². The number of hydrogen-bond donors (Lipinski definition) is 0. The lowest BCUT2D eigenvalue weighted by atomic mass is 9.85. The summed E-state index contributed by atoms with van der Waals surface area (Å²) in [5.74, 6) is -0.391. The summed E-state index contributed by atoms with van der Waals surface area (Å²) in [5, 5.41) is 0. The molecular weight excluding hydrogens is 274 g/mol. The van der Waals surface area contributed by atoms with E-state index in [0.717, 1.165) is 0 Å². The summed E-state index contributed by atoms with van der Waals surface area (Å²) in [5.41, 5.74) is -3.04. The molecule has 0 aromatic heterocycles. The van der Waals surface area contributed by atoms with E-state index in [0.29, 0.717) is 6.07 Å². The van der Waals surface area contributed by atoms with Gasteiger partial charge in [0, 0.05) is 12.8 Å². The second-order valence-corrected chi connectivity index (χ2v) is 4.37. The van der Waals surface area contributed by atoms with E-state index in [1.54, 1.807) is 0 Å². The highest BCUT2D eigenvalue weighted by molar-refractivity contribution is 5.83. The van der Waals surface area contributed by atoms with Gasteiger partial charge in [-0.2, -0.15) is 26.3 Å². The molecule has 0 bridgehead atoms.